The molecule has 0 spiro atoms. The molecular weight excluding hydrogens is 424 g/mol. The lowest BCUT2D eigenvalue weighted by atomic mass is 9.98. The van der Waals surface area contributed by atoms with Crippen LogP contribution in [0.4, 0.5) is 5.88 Å². The van der Waals surface area contributed by atoms with Gasteiger partial charge in [0.25, 0.3) is 0 Å². The Hall–Kier alpha value is -4.30. The Balaban J connectivity index is 1.51. The number of carbonyl (C=O) groups excluding carboxylic acids is 1. The van der Waals surface area contributed by atoms with Crippen molar-refractivity contribution in [2.45, 2.75) is 26.7 Å². The molecule has 1 N–H and O–H groups in total. The highest BCUT2D eigenvalue weighted by molar-refractivity contribution is 5.95. The highest BCUT2D eigenvalue weighted by Gasteiger charge is 2.24. The third-order valence-corrected chi connectivity index (χ3v) is 5.57. The van der Waals surface area contributed by atoms with E-state index >= 15 is 0 Å². The van der Waals surface area contributed by atoms with Gasteiger partial charge < -0.3 is 9.15 Å². The number of nitriles is 1. The zero-order chi connectivity index (χ0) is 23.9. The molecule has 0 saturated heterocycles. The number of hydrogen-bond donors (Lipinski definition) is 1. The zero-order valence-electron chi connectivity index (χ0n) is 19.3. The number of furan rings is 1. The van der Waals surface area contributed by atoms with Crippen LogP contribution in [0.2, 0.25) is 0 Å². The number of rotatable bonds is 8. The number of nitrogens with zero attached hydrogens (tertiary/aromatic N) is 1. The van der Waals surface area contributed by atoms with E-state index in [2.05, 4.69) is 11.4 Å². The van der Waals surface area contributed by atoms with Crippen molar-refractivity contribution in [3.05, 3.63) is 95.6 Å². The molecule has 0 atom stereocenters. The van der Waals surface area contributed by atoms with Gasteiger partial charge in [-0.3, -0.25) is 10.1 Å². The minimum absolute atomic E-state index is 0.167. The molecule has 34 heavy (non-hydrogen) atoms. The molecule has 5 heteroatoms. The van der Waals surface area contributed by atoms with Gasteiger partial charge in [0.1, 0.15) is 23.1 Å². The predicted octanol–water partition coefficient (Wildman–Crippen LogP) is 6.90. The minimum Gasteiger partial charge on any atom is -0.493 e. The third-order valence-electron chi connectivity index (χ3n) is 5.57. The maximum absolute atomic E-state index is 12.7. The molecule has 1 aromatic heterocycles. The number of benzene rings is 3. The van der Waals surface area contributed by atoms with E-state index in [4.69, 9.17) is 9.15 Å². The number of nitrogens with one attached hydrogen (secondary N) is 1. The molecule has 0 bridgehead atoms. The Morgan fingerprint density at radius 3 is 2.15 bits per heavy atom. The molecule has 0 unspecified atom stereocenters. The second-order valence-corrected chi connectivity index (χ2v) is 8.08. The van der Waals surface area contributed by atoms with Crippen LogP contribution < -0.4 is 10.1 Å². The fourth-order valence-corrected chi connectivity index (χ4v) is 3.92. The smallest absolute Gasteiger partial charge is 0.226 e. The average Bonchev–Trinajstić information content (AvgIpc) is 3.22. The summed E-state index contributed by atoms with van der Waals surface area (Å²) in [7, 11) is 0. The molecule has 0 aliphatic heterocycles. The molecule has 4 rings (SSSR count). The summed E-state index contributed by atoms with van der Waals surface area (Å²) < 4.78 is 12.0. The molecule has 4 aromatic rings. The van der Waals surface area contributed by atoms with Gasteiger partial charge in [0.05, 0.1) is 6.61 Å². The fraction of sp³-hybridized carbons (Fsp3) is 0.172. The molecule has 1 heterocycles. The van der Waals surface area contributed by atoms with E-state index in [1.807, 2.05) is 92.7 Å². The summed E-state index contributed by atoms with van der Waals surface area (Å²) in [6.45, 7) is 4.43. The van der Waals surface area contributed by atoms with E-state index in [0.29, 0.717) is 29.9 Å². The molecular formula is C29H26N2O3. The summed E-state index contributed by atoms with van der Waals surface area (Å²) in [5.41, 5.74) is 4.80. The topological polar surface area (TPSA) is 75.3 Å². The van der Waals surface area contributed by atoms with Crippen molar-refractivity contribution in [3.8, 4) is 34.3 Å². The second kappa shape index (κ2) is 10.5. The van der Waals surface area contributed by atoms with E-state index in [-0.39, 0.29) is 18.2 Å². The van der Waals surface area contributed by atoms with E-state index in [1.165, 1.54) is 0 Å². The van der Waals surface area contributed by atoms with Gasteiger partial charge in [-0.25, -0.2) is 0 Å². The van der Waals surface area contributed by atoms with E-state index in [9.17, 15) is 10.1 Å². The SMILES string of the molecule is Cc1cccc(C)c1OCCCC(=O)Nc1oc(-c2ccccc2)c(-c2ccccc2)c1C#N. The van der Waals surface area contributed by atoms with Crippen LogP contribution >= 0.6 is 0 Å². The Morgan fingerprint density at radius 2 is 1.53 bits per heavy atom. The Kier molecular flexibility index (Phi) is 7.10. The van der Waals surface area contributed by atoms with Crippen LogP contribution in [0.1, 0.15) is 29.5 Å². The number of ether oxygens (including phenoxy) is 1. The molecule has 0 aliphatic rings. The van der Waals surface area contributed by atoms with Crippen molar-refractivity contribution in [1.82, 2.24) is 0 Å². The summed E-state index contributed by atoms with van der Waals surface area (Å²) in [4.78, 5) is 12.7. The van der Waals surface area contributed by atoms with Gasteiger partial charge in [-0.2, -0.15) is 5.26 Å². The number of carbonyl (C=O) groups is 1. The van der Waals surface area contributed by atoms with Gasteiger partial charge in [-0.15, -0.1) is 0 Å². The number of para-hydroxylation sites is 1. The Morgan fingerprint density at radius 1 is 0.912 bits per heavy atom. The Bertz CT molecular complexity index is 1300. The van der Waals surface area contributed by atoms with Gasteiger partial charge in [0.2, 0.25) is 11.8 Å². The van der Waals surface area contributed by atoms with Crippen LogP contribution in [0.3, 0.4) is 0 Å². The largest absolute Gasteiger partial charge is 0.493 e. The lowest BCUT2D eigenvalue weighted by Gasteiger charge is -2.11. The monoisotopic (exact) mass is 450 g/mol. The summed E-state index contributed by atoms with van der Waals surface area (Å²) in [6, 6.07) is 27.4. The second-order valence-electron chi connectivity index (χ2n) is 8.08. The number of anilines is 1. The van der Waals surface area contributed by atoms with E-state index in [1.54, 1.807) is 0 Å². The molecule has 3 aromatic carbocycles. The summed E-state index contributed by atoms with van der Waals surface area (Å²) >= 11 is 0. The number of aryl methyl sites for hydroxylation is 2. The zero-order valence-corrected chi connectivity index (χ0v) is 19.3. The Labute approximate surface area is 199 Å². The minimum atomic E-state index is -0.227. The van der Waals surface area contributed by atoms with E-state index in [0.717, 1.165) is 28.0 Å². The molecule has 0 fully saturated rings. The van der Waals surface area contributed by atoms with Gasteiger partial charge in [-0.1, -0.05) is 78.9 Å². The van der Waals surface area contributed by atoms with Gasteiger partial charge >= 0.3 is 0 Å². The highest BCUT2D eigenvalue weighted by atomic mass is 16.5. The summed E-state index contributed by atoms with van der Waals surface area (Å²) in [5.74, 6) is 1.35. The van der Waals surface area contributed by atoms with Crippen molar-refractivity contribution in [3.63, 3.8) is 0 Å². The first-order valence-electron chi connectivity index (χ1n) is 11.2. The van der Waals surface area contributed by atoms with Crippen LogP contribution in [-0.2, 0) is 4.79 Å². The molecule has 0 aliphatic carbocycles. The lowest BCUT2D eigenvalue weighted by Crippen LogP contribution is -2.13. The standard InChI is InChI=1S/C29H26N2O3/c1-20-11-9-12-21(2)27(20)33-18-10-17-25(32)31-29-24(19-30)26(22-13-5-3-6-14-22)28(34-29)23-15-7-4-8-16-23/h3-9,11-16H,10,17-18H2,1-2H3,(H,31,32). The summed E-state index contributed by atoms with van der Waals surface area (Å²) in [5, 5.41) is 12.7. The van der Waals surface area contributed by atoms with E-state index < -0.39 is 0 Å². The fourth-order valence-electron chi connectivity index (χ4n) is 3.92. The van der Waals surface area contributed by atoms with Gasteiger partial charge in [-0.05, 0) is 37.0 Å². The molecule has 170 valence electrons. The predicted molar refractivity (Wildman–Crippen MR) is 134 cm³/mol. The first kappa shape index (κ1) is 22.9. The van der Waals surface area contributed by atoms with Crippen molar-refractivity contribution in [2.24, 2.45) is 0 Å². The van der Waals surface area contributed by atoms with Crippen molar-refractivity contribution >= 4 is 11.8 Å². The molecule has 0 saturated carbocycles. The average molecular weight is 451 g/mol. The first-order valence-corrected chi connectivity index (χ1v) is 11.2. The molecule has 0 radical (unpaired) electrons. The van der Waals surface area contributed by atoms with Crippen molar-refractivity contribution in [1.29, 1.82) is 5.26 Å². The quantitative estimate of drug-likeness (QED) is 0.296. The molecule has 5 nitrogen and oxygen atoms in total. The van der Waals surface area contributed by atoms with Crippen LogP contribution in [0.5, 0.6) is 5.75 Å². The third kappa shape index (κ3) is 5.02. The van der Waals surface area contributed by atoms with Crippen LogP contribution in [0.25, 0.3) is 22.5 Å². The van der Waals surface area contributed by atoms with Crippen LogP contribution in [0, 0.1) is 25.2 Å². The lowest BCUT2D eigenvalue weighted by molar-refractivity contribution is -0.116. The molecule has 1 amide bonds. The normalized spacial score (nSPS) is 10.5. The maximum Gasteiger partial charge on any atom is 0.226 e. The van der Waals surface area contributed by atoms with Gasteiger partial charge in [0.15, 0.2) is 0 Å². The van der Waals surface area contributed by atoms with Crippen molar-refractivity contribution in [2.75, 3.05) is 11.9 Å². The number of amides is 1. The van der Waals surface area contributed by atoms with Crippen LogP contribution in [0.15, 0.2) is 83.3 Å². The first-order chi connectivity index (χ1) is 16.6. The number of hydrogen-bond acceptors (Lipinski definition) is 4. The van der Waals surface area contributed by atoms with Crippen molar-refractivity contribution < 1.29 is 13.9 Å². The highest BCUT2D eigenvalue weighted by Crippen LogP contribution is 2.41. The van der Waals surface area contributed by atoms with Crippen LogP contribution in [-0.4, -0.2) is 12.5 Å². The summed E-state index contributed by atoms with van der Waals surface area (Å²) in [6.07, 6.45) is 0.789. The maximum atomic E-state index is 12.7. The van der Waals surface area contributed by atoms with Gasteiger partial charge in [0, 0.05) is 17.5 Å².